The second-order valence-corrected chi connectivity index (χ2v) is 3.80. The average molecular weight is 241 g/mol. The van der Waals surface area contributed by atoms with Gasteiger partial charge in [-0.2, -0.15) is 13.2 Å². The van der Waals surface area contributed by atoms with Crippen LogP contribution in [0.1, 0.15) is 13.8 Å². The maximum atomic E-state index is 11.7. The number of urea groups is 1. The molecule has 0 saturated carbocycles. The maximum absolute atomic E-state index is 11.7. The van der Waals surface area contributed by atoms with Crippen molar-refractivity contribution in [1.82, 2.24) is 15.5 Å². The number of halogens is 3. The minimum atomic E-state index is -4.37. The molecule has 0 bridgehead atoms. The van der Waals surface area contributed by atoms with Gasteiger partial charge in [0.15, 0.2) is 0 Å². The minimum Gasteiger partial charge on any atom is -0.337 e. The smallest absolute Gasteiger partial charge is 0.337 e. The number of hydrogen-bond donors (Lipinski definition) is 2. The van der Waals surface area contributed by atoms with E-state index in [2.05, 4.69) is 5.32 Å². The van der Waals surface area contributed by atoms with Crippen LogP contribution in [0.5, 0.6) is 0 Å². The molecule has 0 spiro atoms. The van der Waals surface area contributed by atoms with Crippen molar-refractivity contribution in [2.24, 2.45) is 0 Å². The molecule has 96 valence electrons. The predicted molar refractivity (Wildman–Crippen MR) is 55.2 cm³/mol. The number of carbonyl (C=O) groups is 1. The number of likely N-dealkylation sites (N-methyl/N-ethyl adjacent to an activating group) is 1. The number of nitrogens with zero attached hydrogens (tertiary/aromatic N) is 1. The normalized spacial score (nSPS) is 12.0. The van der Waals surface area contributed by atoms with E-state index in [4.69, 9.17) is 0 Å². The van der Waals surface area contributed by atoms with Gasteiger partial charge in [0.2, 0.25) is 0 Å². The molecule has 2 N–H and O–H groups in total. The summed E-state index contributed by atoms with van der Waals surface area (Å²) in [5.74, 6) is 0. The fraction of sp³-hybridized carbons (Fsp3) is 0.889. The van der Waals surface area contributed by atoms with Crippen molar-refractivity contribution in [1.29, 1.82) is 0 Å². The van der Waals surface area contributed by atoms with Crippen molar-refractivity contribution in [2.45, 2.75) is 26.1 Å². The van der Waals surface area contributed by atoms with Gasteiger partial charge < -0.3 is 15.5 Å². The number of amides is 2. The van der Waals surface area contributed by atoms with E-state index >= 15 is 0 Å². The fourth-order valence-electron chi connectivity index (χ4n) is 0.847. The molecule has 0 aliphatic heterocycles. The number of hydrogen-bond acceptors (Lipinski definition) is 2. The standard InChI is InChI=1S/C9H18F3N3O/c1-7(2)15(3)5-4-13-8(16)14-6-9(10,11)12/h7H,4-6H2,1-3H3,(H2,13,14,16). The zero-order valence-electron chi connectivity index (χ0n) is 9.69. The maximum Gasteiger partial charge on any atom is 0.405 e. The Kier molecular flexibility index (Phi) is 6.17. The van der Waals surface area contributed by atoms with E-state index in [0.717, 1.165) is 0 Å². The number of nitrogens with one attached hydrogen (secondary N) is 2. The van der Waals surface area contributed by atoms with Crippen LogP contribution >= 0.6 is 0 Å². The number of rotatable bonds is 5. The van der Waals surface area contributed by atoms with E-state index in [1.807, 2.05) is 25.8 Å². The van der Waals surface area contributed by atoms with Crippen LogP contribution < -0.4 is 10.6 Å². The first kappa shape index (κ1) is 15.0. The average Bonchev–Trinajstić information content (AvgIpc) is 2.13. The third-order valence-corrected chi connectivity index (χ3v) is 2.08. The summed E-state index contributed by atoms with van der Waals surface area (Å²) in [6.45, 7) is 3.59. The summed E-state index contributed by atoms with van der Waals surface area (Å²) in [6.07, 6.45) is -4.37. The highest BCUT2D eigenvalue weighted by Gasteiger charge is 2.27. The van der Waals surface area contributed by atoms with Gasteiger partial charge in [0.1, 0.15) is 6.54 Å². The molecule has 0 aromatic carbocycles. The van der Waals surface area contributed by atoms with E-state index < -0.39 is 18.8 Å². The van der Waals surface area contributed by atoms with Crippen molar-refractivity contribution in [2.75, 3.05) is 26.7 Å². The van der Waals surface area contributed by atoms with Crippen molar-refractivity contribution >= 4 is 6.03 Å². The molecule has 0 aliphatic rings. The Labute approximate surface area is 93.2 Å². The minimum absolute atomic E-state index is 0.318. The summed E-state index contributed by atoms with van der Waals surface area (Å²) in [5, 5.41) is 4.08. The van der Waals surface area contributed by atoms with Gasteiger partial charge in [0.05, 0.1) is 0 Å². The number of carbonyl (C=O) groups excluding carboxylic acids is 1. The van der Waals surface area contributed by atoms with Crippen molar-refractivity contribution in [3.8, 4) is 0 Å². The molecule has 7 heteroatoms. The molecular weight excluding hydrogens is 223 g/mol. The lowest BCUT2D eigenvalue weighted by atomic mass is 10.3. The molecule has 0 aromatic heterocycles. The monoisotopic (exact) mass is 241 g/mol. The second-order valence-electron chi connectivity index (χ2n) is 3.80. The largest absolute Gasteiger partial charge is 0.405 e. The molecule has 0 atom stereocenters. The van der Waals surface area contributed by atoms with Gasteiger partial charge in [0, 0.05) is 19.1 Å². The Morgan fingerprint density at radius 3 is 2.31 bits per heavy atom. The van der Waals surface area contributed by atoms with Crippen molar-refractivity contribution in [3.05, 3.63) is 0 Å². The molecule has 0 heterocycles. The Bertz CT molecular complexity index is 219. The fourth-order valence-corrected chi connectivity index (χ4v) is 0.847. The Hall–Kier alpha value is -0.980. The van der Waals surface area contributed by atoms with E-state index in [9.17, 15) is 18.0 Å². The molecule has 0 rings (SSSR count). The third-order valence-electron chi connectivity index (χ3n) is 2.08. The zero-order chi connectivity index (χ0) is 12.8. The topological polar surface area (TPSA) is 44.4 Å². The highest BCUT2D eigenvalue weighted by Crippen LogP contribution is 2.11. The van der Waals surface area contributed by atoms with Crippen molar-refractivity contribution in [3.63, 3.8) is 0 Å². The molecule has 16 heavy (non-hydrogen) atoms. The van der Waals surface area contributed by atoms with Gasteiger partial charge in [-0.15, -0.1) is 0 Å². The second kappa shape index (κ2) is 6.57. The van der Waals surface area contributed by atoms with Gasteiger partial charge in [-0.25, -0.2) is 4.79 Å². The van der Waals surface area contributed by atoms with Crippen LogP contribution in [0.25, 0.3) is 0 Å². The van der Waals surface area contributed by atoms with E-state index in [1.54, 1.807) is 5.32 Å². The Balaban J connectivity index is 3.59. The van der Waals surface area contributed by atoms with Crippen LogP contribution in [0.15, 0.2) is 0 Å². The first-order valence-electron chi connectivity index (χ1n) is 5.01. The van der Waals surface area contributed by atoms with E-state index in [1.165, 1.54) is 0 Å². The highest BCUT2D eigenvalue weighted by atomic mass is 19.4. The van der Waals surface area contributed by atoms with E-state index in [-0.39, 0.29) is 0 Å². The lowest BCUT2D eigenvalue weighted by Gasteiger charge is -2.20. The molecule has 0 radical (unpaired) electrons. The molecule has 2 amide bonds. The van der Waals surface area contributed by atoms with Gasteiger partial charge in [-0.05, 0) is 20.9 Å². The predicted octanol–water partition coefficient (Wildman–Crippen LogP) is 1.19. The summed E-state index contributed by atoms with van der Waals surface area (Å²) in [4.78, 5) is 12.9. The number of alkyl halides is 3. The highest BCUT2D eigenvalue weighted by molar-refractivity contribution is 5.73. The summed E-state index contributed by atoms with van der Waals surface area (Å²) in [6, 6.07) is -0.463. The van der Waals surface area contributed by atoms with Gasteiger partial charge >= 0.3 is 12.2 Å². The first-order chi connectivity index (χ1) is 7.22. The van der Waals surface area contributed by atoms with Crippen LogP contribution in [0, 0.1) is 0 Å². The van der Waals surface area contributed by atoms with Gasteiger partial charge in [-0.3, -0.25) is 0 Å². The molecule has 0 saturated heterocycles. The van der Waals surface area contributed by atoms with Gasteiger partial charge in [0.25, 0.3) is 0 Å². The quantitative estimate of drug-likeness (QED) is 0.759. The lowest BCUT2D eigenvalue weighted by molar-refractivity contribution is -0.122. The van der Waals surface area contributed by atoms with Crippen LogP contribution in [0.2, 0.25) is 0 Å². The van der Waals surface area contributed by atoms with Gasteiger partial charge in [-0.1, -0.05) is 0 Å². The summed E-state index contributed by atoms with van der Waals surface area (Å²) in [7, 11) is 1.87. The van der Waals surface area contributed by atoms with Crippen molar-refractivity contribution < 1.29 is 18.0 Å². The molecule has 0 fully saturated rings. The molecular formula is C9H18F3N3O. The van der Waals surface area contributed by atoms with Crippen LogP contribution in [-0.4, -0.2) is 49.8 Å². The van der Waals surface area contributed by atoms with E-state index in [0.29, 0.717) is 19.1 Å². The lowest BCUT2D eigenvalue weighted by Crippen LogP contribution is -2.43. The third kappa shape index (κ3) is 8.34. The first-order valence-corrected chi connectivity index (χ1v) is 5.01. The molecule has 0 unspecified atom stereocenters. The Morgan fingerprint density at radius 2 is 1.88 bits per heavy atom. The molecule has 0 aliphatic carbocycles. The van der Waals surface area contributed by atoms with Crippen LogP contribution in [0.4, 0.5) is 18.0 Å². The Morgan fingerprint density at radius 1 is 1.31 bits per heavy atom. The summed E-state index contributed by atoms with van der Waals surface area (Å²) < 4.78 is 35.2. The SMILES string of the molecule is CC(C)N(C)CCNC(=O)NCC(F)(F)F. The summed E-state index contributed by atoms with van der Waals surface area (Å²) >= 11 is 0. The molecule has 4 nitrogen and oxygen atoms in total. The zero-order valence-corrected chi connectivity index (χ0v) is 9.69. The van der Waals surface area contributed by atoms with Crippen LogP contribution in [-0.2, 0) is 0 Å². The summed E-state index contributed by atoms with van der Waals surface area (Å²) in [5.41, 5.74) is 0. The van der Waals surface area contributed by atoms with Crippen LogP contribution in [0.3, 0.4) is 0 Å². The molecule has 0 aromatic rings.